The maximum Gasteiger partial charge on any atom is 0.251 e. The third-order valence-corrected chi connectivity index (χ3v) is 5.99. The molecule has 1 aliphatic carbocycles. The van der Waals surface area contributed by atoms with Gasteiger partial charge in [0.15, 0.2) is 0 Å². The van der Waals surface area contributed by atoms with Gasteiger partial charge < -0.3 is 5.32 Å². The summed E-state index contributed by atoms with van der Waals surface area (Å²) in [7, 11) is -3.54. The van der Waals surface area contributed by atoms with Crippen LogP contribution in [0.15, 0.2) is 29.2 Å². The van der Waals surface area contributed by atoms with Crippen molar-refractivity contribution in [2.45, 2.75) is 37.1 Å². The minimum Gasteiger partial charge on any atom is -0.351 e. The van der Waals surface area contributed by atoms with Gasteiger partial charge in [-0.05, 0) is 36.8 Å². The van der Waals surface area contributed by atoms with Gasteiger partial charge in [0.25, 0.3) is 5.91 Å². The molecule has 0 saturated heterocycles. The zero-order valence-corrected chi connectivity index (χ0v) is 14.3. The number of sulfonamides is 1. The highest BCUT2D eigenvalue weighted by atomic mass is 32.2. The van der Waals surface area contributed by atoms with Crippen LogP contribution in [0.3, 0.4) is 0 Å². The second kappa shape index (κ2) is 7.99. The molecule has 1 aromatic rings. The summed E-state index contributed by atoms with van der Waals surface area (Å²) in [5.74, 6) is 1.62. The third kappa shape index (κ3) is 4.72. The first-order chi connectivity index (χ1) is 10.5. The molecule has 1 aromatic carbocycles. The van der Waals surface area contributed by atoms with Crippen LogP contribution >= 0.6 is 11.8 Å². The van der Waals surface area contributed by atoms with Gasteiger partial charge in [-0.3, -0.25) is 4.79 Å². The summed E-state index contributed by atoms with van der Waals surface area (Å²) < 4.78 is 27.2. The average Bonchev–Trinajstić information content (AvgIpc) is 2.47. The largest absolute Gasteiger partial charge is 0.351 e. The normalized spacial score (nSPS) is 15.3. The number of nitrogens with one attached hydrogen (secondary N) is 2. The molecule has 1 amide bonds. The van der Waals surface area contributed by atoms with Crippen LogP contribution in [0, 0.1) is 0 Å². The van der Waals surface area contributed by atoms with Crippen LogP contribution in [0.4, 0.5) is 0 Å². The maximum absolute atomic E-state index is 12.3. The highest BCUT2D eigenvalue weighted by Crippen LogP contribution is 2.21. The van der Waals surface area contributed by atoms with E-state index in [0.29, 0.717) is 12.1 Å². The Morgan fingerprint density at radius 2 is 2.14 bits per heavy atom. The van der Waals surface area contributed by atoms with Crippen LogP contribution in [0.5, 0.6) is 0 Å². The van der Waals surface area contributed by atoms with E-state index >= 15 is 0 Å². The fourth-order valence-corrected chi connectivity index (χ4v) is 3.99. The lowest BCUT2D eigenvalue weighted by molar-refractivity contribution is 0.0956. The van der Waals surface area contributed by atoms with Crippen LogP contribution in [-0.4, -0.2) is 38.4 Å². The number of hydrogen-bond acceptors (Lipinski definition) is 4. The van der Waals surface area contributed by atoms with Crippen LogP contribution in [0.25, 0.3) is 0 Å². The van der Waals surface area contributed by atoms with Crippen molar-refractivity contribution in [2.75, 3.05) is 18.1 Å². The molecule has 1 fully saturated rings. The van der Waals surface area contributed by atoms with E-state index in [1.165, 1.54) is 12.1 Å². The van der Waals surface area contributed by atoms with Gasteiger partial charge >= 0.3 is 0 Å². The summed E-state index contributed by atoms with van der Waals surface area (Å²) in [6.07, 6.45) is 2.83. The standard InChI is InChI=1S/C15H22N2O3S2/c1-2-21-10-9-16-15(18)12-5-3-8-14(11-12)22(19,20)17-13-6-4-7-13/h3,5,8,11,13,17H,2,4,6-7,9-10H2,1H3,(H,16,18). The molecule has 2 N–H and O–H groups in total. The molecular weight excluding hydrogens is 320 g/mol. The highest BCUT2D eigenvalue weighted by molar-refractivity contribution is 7.99. The Morgan fingerprint density at radius 1 is 1.36 bits per heavy atom. The zero-order chi connectivity index (χ0) is 16.0. The number of thioether (sulfide) groups is 1. The number of amides is 1. The third-order valence-electron chi connectivity index (χ3n) is 3.57. The van der Waals surface area contributed by atoms with E-state index < -0.39 is 10.0 Å². The Hall–Kier alpha value is -1.05. The van der Waals surface area contributed by atoms with Crippen LogP contribution in [0.1, 0.15) is 36.5 Å². The van der Waals surface area contributed by atoms with Gasteiger partial charge in [-0.25, -0.2) is 13.1 Å². The molecule has 0 spiro atoms. The topological polar surface area (TPSA) is 75.3 Å². The van der Waals surface area contributed by atoms with Crippen molar-refractivity contribution in [3.63, 3.8) is 0 Å². The van der Waals surface area contributed by atoms with Crippen LogP contribution < -0.4 is 10.0 Å². The SMILES string of the molecule is CCSCCNC(=O)c1cccc(S(=O)(=O)NC2CCC2)c1. The van der Waals surface area contributed by atoms with Gasteiger partial charge in [-0.2, -0.15) is 11.8 Å². The fourth-order valence-electron chi connectivity index (χ4n) is 2.10. The molecular formula is C15H22N2O3S2. The summed E-state index contributed by atoms with van der Waals surface area (Å²) in [5, 5.41) is 2.80. The molecule has 0 unspecified atom stereocenters. The molecule has 7 heteroatoms. The maximum atomic E-state index is 12.3. The van der Waals surface area contributed by atoms with Gasteiger partial charge in [0.1, 0.15) is 0 Å². The number of carbonyl (C=O) groups is 1. The van der Waals surface area contributed by atoms with E-state index in [0.717, 1.165) is 30.8 Å². The molecule has 122 valence electrons. The highest BCUT2D eigenvalue weighted by Gasteiger charge is 2.25. The Bertz CT molecular complexity index is 613. The predicted molar refractivity (Wildman–Crippen MR) is 89.7 cm³/mol. The van der Waals surface area contributed by atoms with Gasteiger partial charge in [0.2, 0.25) is 10.0 Å². The monoisotopic (exact) mass is 342 g/mol. The summed E-state index contributed by atoms with van der Waals surface area (Å²) in [6.45, 7) is 2.64. The van der Waals surface area contributed by atoms with E-state index in [2.05, 4.69) is 17.0 Å². The van der Waals surface area contributed by atoms with Gasteiger partial charge in [0, 0.05) is 23.9 Å². The molecule has 2 rings (SSSR count). The Morgan fingerprint density at radius 3 is 2.77 bits per heavy atom. The Balaban J connectivity index is 2.00. The number of hydrogen-bond donors (Lipinski definition) is 2. The minimum atomic E-state index is -3.54. The zero-order valence-electron chi connectivity index (χ0n) is 12.7. The van der Waals surface area contributed by atoms with E-state index in [4.69, 9.17) is 0 Å². The molecule has 0 radical (unpaired) electrons. The number of benzene rings is 1. The molecule has 0 bridgehead atoms. The van der Waals surface area contributed by atoms with Crippen molar-refractivity contribution in [3.8, 4) is 0 Å². The molecule has 0 aromatic heterocycles. The van der Waals surface area contributed by atoms with Crippen molar-refractivity contribution < 1.29 is 13.2 Å². The first kappa shape index (κ1) is 17.3. The summed E-state index contributed by atoms with van der Waals surface area (Å²) >= 11 is 1.75. The smallest absolute Gasteiger partial charge is 0.251 e. The average molecular weight is 342 g/mol. The first-order valence-electron chi connectivity index (χ1n) is 7.51. The van der Waals surface area contributed by atoms with Gasteiger partial charge in [-0.15, -0.1) is 0 Å². The minimum absolute atomic E-state index is 0.0357. The van der Waals surface area contributed by atoms with Crippen molar-refractivity contribution in [1.82, 2.24) is 10.0 Å². The molecule has 0 aliphatic heterocycles. The Kier molecular flexibility index (Phi) is 6.28. The van der Waals surface area contributed by atoms with Crippen LogP contribution in [0.2, 0.25) is 0 Å². The summed E-state index contributed by atoms with van der Waals surface area (Å²) in [4.78, 5) is 12.2. The number of carbonyl (C=O) groups excluding carboxylic acids is 1. The van der Waals surface area contributed by atoms with E-state index in [-0.39, 0.29) is 16.8 Å². The molecule has 1 aliphatic rings. The lowest BCUT2D eigenvalue weighted by Gasteiger charge is -2.26. The molecule has 22 heavy (non-hydrogen) atoms. The lowest BCUT2D eigenvalue weighted by atomic mass is 9.94. The predicted octanol–water partition coefficient (Wildman–Crippen LogP) is 2.00. The number of rotatable bonds is 8. The quantitative estimate of drug-likeness (QED) is 0.709. The van der Waals surface area contributed by atoms with Crippen molar-refractivity contribution >= 4 is 27.7 Å². The molecule has 0 atom stereocenters. The summed E-state index contributed by atoms with van der Waals surface area (Å²) in [6, 6.07) is 6.22. The van der Waals surface area contributed by atoms with Crippen LogP contribution in [-0.2, 0) is 10.0 Å². The second-order valence-corrected chi connectivity index (χ2v) is 8.34. The van der Waals surface area contributed by atoms with Crippen molar-refractivity contribution in [3.05, 3.63) is 29.8 Å². The first-order valence-corrected chi connectivity index (χ1v) is 10.1. The van der Waals surface area contributed by atoms with E-state index in [1.54, 1.807) is 23.9 Å². The van der Waals surface area contributed by atoms with Gasteiger partial charge in [0.05, 0.1) is 4.90 Å². The van der Waals surface area contributed by atoms with E-state index in [9.17, 15) is 13.2 Å². The lowest BCUT2D eigenvalue weighted by Crippen LogP contribution is -2.39. The van der Waals surface area contributed by atoms with Crippen molar-refractivity contribution in [1.29, 1.82) is 0 Å². The van der Waals surface area contributed by atoms with Gasteiger partial charge in [-0.1, -0.05) is 19.4 Å². The fraction of sp³-hybridized carbons (Fsp3) is 0.533. The molecule has 0 heterocycles. The molecule has 1 saturated carbocycles. The molecule has 5 nitrogen and oxygen atoms in total. The summed E-state index contributed by atoms with van der Waals surface area (Å²) in [5.41, 5.74) is 0.373. The second-order valence-electron chi connectivity index (χ2n) is 5.23. The van der Waals surface area contributed by atoms with Crippen molar-refractivity contribution in [2.24, 2.45) is 0 Å². The van der Waals surface area contributed by atoms with E-state index in [1.807, 2.05) is 0 Å². The Labute approximate surface area is 136 Å².